The Balaban J connectivity index is 1.87. The van der Waals surface area contributed by atoms with Gasteiger partial charge in [-0.3, -0.25) is 5.32 Å². The third kappa shape index (κ3) is 2.68. The molecule has 6 heteroatoms. The van der Waals surface area contributed by atoms with Gasteiger partial charge >= 0.3 is 0 Å². The van der Waals surface area contributed by atoms with Gasteiger partial charge in [-0.05, 0) is 75.9 Å². The molecule has 2 aromatic carbocycles. The van der Waals surface area contributed by atoms with Crippen LogP contribution in [-0.2, 0) is 6.42 Å². The normalized spacial score (nSPS) is 21.8. The molecule has 32 heavy (non-hydrogen) atoms. The highest BCUT2D eigenvalue weighted by atomic mass is 19.1. The number of aromatic amines is 1. The molecule has 3 heterocycles. The molecule has 0 amide bonds. The number of aryl methyl sites for hydroxylation is 1. The van der Waals surface area contributed by atoms with Gasteiger partial charge in [0.15, 0.2) is 0 Å². The zero-order valence-electron chi connectivity index (χ0n) is 19.5. The van der Waals surface area contributed by atoms with Crippen molar-refractivity contribution in [3.8, 4) is 11.1 Å². The maximum Gasteiger partial charge on any atom is 0.149 e. The molecule has 2 aliphatic rings. The predicted octanol–water partition coefficient (Wildman–Crippen LogP) is 6.22. The fourth-order valence-corrected chi connectivity index (χ4v) is 5.44. The number of fused-ring (bicyclic) bond motifs is 4. The number of H-pyrrole nitrogens is 1. The molecule has 5 rings (SSSR count). The van der Waals surface area contributed by atoms with E-state index in [1.54, 1.807) is 6.07 Å². The van der Waals surface area contributed by atoms with Crippen molar-refractivity contribution in [1.29, 1.82) is 0 Å². The summed E-state index contributed by atoms with van der Waals surface area (Å²) < 4.78 is 30.4. The minimum atomic E-state index is -0.464. The fraction of sp³-hybridized carbons (Fsp3) is 0.385. The quantitative estimate of drug-likeness (QED) is 0.447. The van der Waals surface area contributed by atoms with Crippen LogP contribution in [0.5, 0.6) is 0 Å². The van der Waals surface area contributed by atoms with E-state index in [4.69, 9.17) is 0 Å². The van der Waals surface area contributed by atoms with Gasteiger partial charge in [0, 0.05) is 29.4 Å². The average Bonchev–Trinajstić information content (AvgIpc) is 3.09. The largest absolute Gasteiger partial charge is 0.372 e. The van der Waals surface area contributed by atoms with E-state index < -0.39 is 11.2 Å². The molecule has 1 aromatic heterocycles. The highest BCUT2D eigenvalue weighted by Gasteiger charge is 2.52. The minimum absolute atomic E-state index is 0.324. The molecule has 4 nitrogen and oxygen atoms in total. The number of rotatable bonds is 2. The summed E-state index contributed by atoms with van der Waals surface area (Å²) in [6.07, 6.45) is 4.68. The number of benzene rings is 2. The summed E-state index contributed by atoms with van der Waals surface area (Å²) in [4.78, 5) is 5.50. The summed E-state index contributed by atoms with van der Waals surface area (Å²) in [6, 6.07) is 4.60. The third-order valence-electron chi connectivity index (χ3n) is 7.48. The first-order valence-electron chi connectivity index (χ1n) is 11.2. The first kappa shape index (κ1) is 21.0. The van der Waals surface area contributed by atoms with Crippen LogP contribution >= 0.6 is 0 Å². The highest BCUT2D eigenvalue weighted by Crippen LogP contribution is 2.51. The second-order valence-corrected chi connectivity index (χ2v) is 9.69. The fourth-order valence-electron chi connectivity index (χ4n) is 5.44. The lowest BCUT2D eigenvalue weighted by Gasteiger charge is -2.59. The molecule has 0 saturated carbocycles. The number of hydrogen-bond acceptors (Lipinski definition) is 3. The lowest BCUT2D eigenvalue weighted by atomic mass is 9.80. The van der Waals surface area contributed by atoms with Crippen molar-refractivity contribution >= 4 is 22.3 Å². The van der Waals surface area contributed by atoms with Gasteiger partial charge in [-0.2, -0.15) is 0 Å². The number of nitrogens with zero attached hydrogens (tertiary/aromatic N) is 1. The van der Waals surface area contributed by atoms with Gasteiger partial charge in [-0.1, -0.05) is 13.0 Å². The van der Waals surface area contributed by atoms with Crippen molar-refractivity contribution in [2.45, 2.75) is 59.2 Å². The van der Waals surface area contributed by atoms with Crippen LogP contribution in [0.3, 0.4) is 0 Å². The standard InChI is InChI=1S/C26H30F2N4/c1-7-17-19(20-11-16(27)10-18-14(2)13-29-22(18)20)12-21(28)23-24(17)32-15(3)8-9-30-26(32,6)25(4,5)31-23/h8,10-13,29-31H,7,9H2,1-6H3. The van der Waals surface area contributed by atoms with Crippen molar-refractivity contribution in [2.24, 2.45) is 0 Å². The van der Waals surface area contributed by atoms with E-state index in [-0.39, 0.29) is 11.6 Å². The number of anilines is 2. The maximum absolute atomic E-state index is 15.8. The second-order valence-electron chi connectivity index (χ2n) is 9.69. The Labute approximate surface area is 187 Å². The van der Waals surface area contributed by atoms with Gasteiger partial charge in [-0.25, -0.2) is 8.78 Å². The zero-order chi connectivity index (χ0) is 23.0. The predicted molar refractivity (Wildman–Crippen MR) is 128 cm³/mol. The van der Waals surface area contributed by atoms with Crippen molar-refractivity contribution in [3.05, 3.63) is 58.9 Å². The molecule has 3 N–H and O–H groups in total. The Hall–Kier alpha value is -2.86. The molecule has 1 unspecified atom stereocenters. The highest BCUT2D eigenvalue weighted by molar-refractivity contribution is 5.99. The van der Waals surface area contributed by atoms with E-state index in [0.29, 0.717) is 17.7 Å². The van der Waals surface area contributed by atoms with Gasteiger partial charge in [0.25, 0.3) is 0 Å². The van der Waals surface area contributed by atoms with E-state index in [0.717, 1.165) is 45.5 Å². The van der Waals surface area contributed by atoms with Crippen molar-refractivity contribution < 1.29 is 8.78 Å². The van der Waals surface area contributed by atoms with Crippen molar-refractivity contribution in [2.75, 3.05) is 16.8 Å². The molecule has 0 radical (unpaired) electrons. The van der Waals surface area contributed by atoms with E-state index in [1.807, 2.05) is 13.1 Å². The molecule has 1 atom stereocenters. The number of aromatic nitrogens is 1. The minimum Gasteiger partial charge on any atom is -0.372 e. The molecule has 0 aliphatic carbocycles. The van der Waals surface area contributed by atoms with Crippen LogP contribution in [0.25, 0.3) is 22.0 Å². The Bertz CT molecular complexity index is 1290. The summed E-state index contributed by atoms with van der Waals surface area (Å²) in [7, 11) is 0. The lowest BCUT2D eigenvalue weighted by molar-refractivity contribution is 0.229. The molecule has 3 aromatic rings. The van der Waals surface area contributed by atoms with Gasteiger partial charge in [0.2, 0.25) is 0 Å². The average molecular weight is 437 g/mol. The summed E-state index contributed by atoms with van der Waals surface area (Å²) in [5.74, 6) is -0.656. The molecular weight excluding hydrogens is 406 g/mol. The Morgan fingerprint density at radius 2 is 1.81 bits per heavy atom. The zero-order valence-corrected chi connectivity index (χ0v) is 19.5. The summed E-state index contributed by atoms with van der Waals surface area (Å²) in [6.45, 7) is 13.2. The third-order valence-corrected chi connectivity index (χ3v) is 7.48. The van der Waals surface area contributed by atoms with Gasteiger partial charge < -0.3 is 15.2 Å². The molecule has 0 fully saturated rings. The number of halogens is 2. The molecule has 2 aliphatic heterocycles. The smallest absolute Gasteiger partial charge is 0.149 e. The first-order valence-corrected chi connectivity index (χ1v) is 11.2. The van der Waals surface area contributed by atoms with Crippen LogP contribution in [0.1, 0.15) is 45.7 Å². The van der Waals surface area contributed by atoms with E-state index in [2.05, 4.69) is 61.2 Å². The molecule has 0 saturated heterocycles. The number of nitrogens with one attached hydrogen (secondary N) is 3. The summed E-state index contributed by atoms with van der Waals surface area (Å²) >= 11 is 0. The van der Waals surface area contributed by atoms with Crippen LogP contribution < -0.4 is 15.5 Å². The number of allylic oxidation sites excluding steroid dienone is 1. The van der Waals surface area contributed by atoms with E-state index >= 15 is 4.39 Å². The molecule has 0 spiro atoms. The summed E-state index contributed by atoms with van der Waals surface area (Å²) in [5.41, 5.74) is 5.69. The lowest BCUT2D eigenvalue weighted by Crippen LogP contribution is -2.74. The van der Waals surface area contributed by atoms with Crippen LogP contribution in [-0.4, -0.2) is 22.7 Å². The van der Waals surface area contributed by atoms with Crippen molar-refractivity contribution in [3.63, 3.8) is 0 Å². The van der Waals surface area contributed by atoms with Crippen molar-refractivity contribution in [1.82, 2.24) is 10.3 Å². The Kier molecular flexibility index (Phi) is 4.48. The Morgan fingerprint density at radius 3 is 2.53 bits per heavy atom. The topological polar surface area (TPSA) is 43.1 Å². The van der Waals surface area contributed by atoms with Crippen LogP contribution in [0.2, 0.25) is 0 Å². The molecule has 0 bridgehead atoms. The molecular formula is C26H30F2N4. The van der Waals surface area contributed by atoms with Gasteiger partial charge in [-0.15, -0.1) is 0 Å². The molecule has 168 valence electrons. The van der Waals surface area contributed by atoms with Crippen LogP contribution in [0.15, 0.2) is 36.2 Å². The van der Waals surface area contributed by atoms with E-state index in [9.17, 15) is 4.39 Å². The summed E-state index contributed by atoms with van der Waals surface area (Å²) in [5, 5.41) is 7.93. The SMILES string of the molecule is CCc1c(-c2cc(F)cc3c(C)c[nH]c23)cc(F)c2c1N1C(C)=CCNC1(C)C(C)(C)N2. The maximum atomic E-state index is 15.8. The van der Waals surface area contributed by atoms with Crippen LogP contribution in [0.4, 0.5) is 20.2 Å². The second kappa shape index (κ2) is 6.82. The van der Waals surface area contributed by atoms with Crippen LogP contribution in [0, 0.1) is 18.6 Å². The van der Waals surface area contributed by atoms with Gasteiger partial charge in [0.05, 0.1) is 22.4 Å². The Morgan fingerprint density at radius 1 is 1.06 bits per heavy atom. The van der Waals surface area contributed by atoms with E-state index in [1.165, 1.54) is 12.1 Å². The number of hydrogen-bond donors (Lipinski definition) is 3. The first-order chi connectivity index (χ1) is 15.1. The monoisotopic (exact) mass is 436 g/mol. The van der Waals surface area contributed by atoms with Gasteiger partial charge in [0.1, 0.15) is 17.3 Å².